The first kappa shape index (κ1) is 30.9. The highest BCUT2D eigenvalue weighted by molar-refractivity contribution is 6.00. The van der Waals surface area contributed by atoms with Gasteiger partial charge in [0.25, 0.3) is 0 Å². The SMILES string of the molecule is CC(C)C1CCc2nc3ccc(C(N)=O)c([C@@H](CCN4CCC(O)CC4)c4ccc(N5CC[C@@H](O)[C@H](F)C5)nc4)c3cc2C1. The van der Waals surface area contributed by atoms with E-state index in [2.05, 4.69) is 24.8 Å². The second kappa shape index (κ2) is 13.1. The van der Waals surface area contributed by atoms with E-state index in [0.29, 0.717) is 36.2 Å². The molecule has 1 amide bonds. The molecule has 0 radical (unpaired) electrons. The molecule has 1 aromatic carbocycles. The van der Waals surface area contributed by atoms with Gasteiger partial charge in [0, 0.05) is 48.4 Å². The molecule has 3 aromatic rings. The molecule has 2 aliphatic heterocycles. The van der Waals surface area contributed by atoms with Gasteiger partial charge in [-0.15, -0.1) is 0 Å². The summed E-state index contributed by atoms with van der Waals surface area (Å²) in [5, 5.41) is 20.9. The molecule has 8 nitrogen and oxygen atoms in total. The van der Waals surface area contributed by atoms with Gasteiger partial charge in [0.05, 0.1) is 24.3 Å². The fraction of sp³-hybridized carbons (Fsp3) is 0.571. The van der Waals surface area contributed by atoms with Crippen LogP contribution in [0.5, 0.6) is 0 Å². The van der Waals surface area contributed by atoms with Crippen molar-refractivity contribution in [2.75, 3.05) is 37.6 Å². The van der Waals surface area contributed by atoms with Crippen LogP contribution in [-0.4, -0.2) is 82.1 Å². The zero-order valence-electron chi connectivity index (χ0n) is 26.0. The van der Waals surface area contributed by atoms with Crippen LogP contribution in [0.2, 0.25) is 0 Å². The lowest BCUT2D eigenvalue weighted by Gasteiger charge is -2.33. The van der Waals surface area contributed by atoms with E-state index in [9.17, 15) is 19.4 Å². The average molecular weight is 604 g/mol. The van der Waals surface area contributed by atoms with Gasteiger partial charge in [0.2, 0.25) is 5.91 Å². The van der Waals surface area contributed by atoms with Gasteiger partial charge in [0.15, 0.2) is 0 Å². The highest BCUT2D eigenvalue weighted by Crippen LogP contribution is 2.39. The van der Waals surface area contributed by atoms with E-state index in [1.165, 1.54) is 5.56 Å². The minimum absolute atomic E-state index is 0.112. The topological polar surface area (TPSA) is 116 Å². The summed E-state index contributed by atoms with van der Waals surface area (Å²) in [5.74, 6) is 1.24. The molecule has 1 unspecified atom stereocenters. The van der Waals surface area contributed by atoms with E-state index in [4.69, 9.17) is 15.7 Å². The summed E-state index contributed by atoms with van der Waals surface area (Å²) >= 11 is 0. The molecule has 2 aromatic heterocycles. The molecule has 4 heterocycles. The lowest BCUT2D eigenvalue weighted by atomic mass is 9.78. The highest BCUT2D eigenvalue weighted by Gasteiger charge is 2.30. The van der Waals surface area contributed by atoms with Gasteiger partial charge < -0.3 is 25.7 Å². The zero-order valence-corrected chi connectivity index (χ0v) is 26.0. The number of nitrogens with zero attached hydrogens (tertiary/aromatic N) is 4. The summed E-state index contributed by atoms with van der Waals surface area (Å²) in [6, 6.07) is 9.98. The first-order chi connectivity index (χ1) is 21.2. The first-order valence-corrected chi connectivity index (χ1v) is 16.4. The van der Waals surface area contributed by atoms with E-state index in [-0.39, 0.29) is 18.6 Å². The lowest BCUT2D eigenvalue weighted by Crippen LogP contribution is -2.44. The molecule has 4 N–H and O–H groups in total. The number of carbonyl (C=O) groups is 1. The molecule has 0 saturated carbocycles. The van der Waals surface area contributed by atoms with Crippen LogP contribution in [0.4, 0.5) is 10.2 Å². The quantitative estimate of drug-likeness (QED) is 0.350. The van der Waals surface area contributed by atoms with Gasteiger partial charge in [-0.25, -0.2) is 9.37 Å². The third-order valence-electron chi connectivity index (χ3n) is 10.3. The van der Waals surface area contributed by atoms with E-state index < -0.39 is 18.2 Å². The van der Waals surface area contributed by atoms with Crippen LogP contribution in [0.1, 0.15) is 84.6 Å². The van der Waals surface area contributed by atoms with Crippen LogP contribution in [0, 0.1) is 11.8 Å². The van der Waals surface area contributed by atoms with Gasteiger partial charge in [0.1, 0.15) is 12.0 Å². The Balaban J connectivity index is 1.41. The molecular weight excluding hydrogens is 557 g/mol. The number of hydrogen-bond acceptors (Lipinski definition) is 7. The monoisotopic (exact) mass is 603 g/mol. The molecule has 44 heavy (non-hydrogen) atoms. The van der Waals surface area contributed by atoms with Crippen LogP contribution < -0.4 is 10.6 Å². The maximum atomic E-state index is 14.3. The number of pyridine rings is 2. The standard InChI is InChI=1S/C35H46FN5O3/c1-21(2)22-3-6-30-24(17-22)18-28-31(39-30)7-5-27(35(37)44)34(28)26(11-15-40-13-9-25(42)10-14-40)23-4-8-33(38-19-23)41-16-12-32(43)29(36)20-41/h4-5,7-8,18-19,21-22,25-26,29,32,42-43H,3,6,9-17,20H2,1-2H3,(H2,37,44)/t22?,26-,29+,32+/m0/s1. The Labute approximate surface area is 259 Å². The number of piperidine rings is 2. The van der Waals surface area contributed by atoms with Gasteiger partial charge in [-0.1, -0.05) is 19.9 Å². The van der Waals surface area contributed by atoms with Crippen molar-refractivity contribution in [2.24, 2.45) is 17.6 Å². The predicted octanol–water partition coefficient (Wildman–Crippen LogP) is 4.38. The van der Waals surface area contributed by atoms with Gasteiger partial charge in [-0.2, -0.15) is 0 Å². The fourth-order valence-electron chi connectivity index (χ4n) is 7.43. The Hall–Kier alpha value is -3.14. The van der Waals surface area contributed by atoms with Crippen LogP contribution in [0.3, 0.4) is 0 Å². The molecule has 1 aliphatic carbocycles. The minimum Gasteiger partial charge on any atom is -0.393 e. The number of likely N-dealkylation sites (tertiary alicyclic amines) is 1. The molecule has 6 rings (SSSR count). The smallest absolute Gasteiger partial charge is 0.249 e. The van der Waals surface area contributed by atoms with Gasteiger partial charge >= 0.3 is 0 Å². The summed E-state index contributed by atoms with van der Waals surface area (Å²) in [6.07, 6.45) is 5.08. The van der Waals surface area contributed by atoms with Crippen molar-refractivity contribution in [3.05, 3.63) is 64.5 Å². The summed E-state index contributed by atoms with van der Waals surface area (Å²) in [4.78, 5) is 27.1. The predicted molar refractivity (Wildman–Crippen MR) is 171 cm³/mol. The van der Waals surface area contributed by atoms with Crippen molar-refractivity contribution >= 4 is 22.6 Å². The number of aliphatic hydroxyl groups is 2. The molecule has 2 fully saturated rings. The Bertz CT molecular complexity index is 1470. The molecule has 4 atom stereocenters. The van der Waals surface area contributed by atoms with Crippen LogP contribution >= 0.6 is 0 Å². The number of aliphatic hydroxyl groups excluding tert-OH is 2. The van der Waals surface area contributed by atoms with Crippen LogP contribution in [0.25, 0.3) is 10.9 Å². The molecule has 236 valence electrons. The summed E-state index contributed by atoms with van der Waals surface area (Å²) < 4.78 is 14.3. The van der Waals surface area contributed by atoms with E-state index >= 15 is 0 Å². The van der Waals surface area contributed by atoms with Gasteiger partial charge in [-0.05, 0) is 104 Å². The van der Waals surface area contributed by atoms with E-state index in [0.717, 1.165) is 85.9 Å². The van der Waals surface area contributed by atoms with Crippen molar-refractivity contribution in [3.8, 4) is 0 Å². The normalized spacial score (nSPS) is 24.0. The Kier molecular flexibility index (Phi) is 9.17. The van der Waals surface area contributed by atoms with Crippen LogP contribution in [-0.2, 0) is 12.8 Å². The maximum Gasteiger partial charge on any atom is 0.249 e. The second-order valence-corrected chi connectivity index (χ2v) is 13.5. The number of anilines is 1. The third kappa shape index (κ3) is 6.46. The Morgan fingerprint density at radius 3 is 2.57 bits per heavy atom. The summed E-state index contributed by atoms with van der Waals surface area (Å²) in [5.41, 5.74) is 11.7. The zero-order chi connectivity index (χ0) is 31.0. The largest absolute Gasteiger partial charge is 0.393 e. The molecule has 2 saturated heterocycles. The van der Waals surface area contributed by atoms with Crippen molar-refractivity contribution in [1.29, 1.82) is 0 Å². The number of aromatic nitrogens is 2. The number of halogens is 1. The average Bonchev–Trinajstić information content (AvgIpc) is 3.02. The van der Waals surface area contributed by atoms with Gasteiger partial charge in [-0.3, -0.25) is 9.78 Å². The lowest BCUT2D eigenvalue weighted by molar-refractivity contribution is 0.0614. The highest BCUT2D eigenvalue weighted by atomic mass is 19.1. The number of fused-ring (bicyclic) bond motifs is 2. The fourth-order valence-corrected chi connectivity index (χ4v) is 7.43. The van der Waals surface area contributed by atoms with Crippen molar-refractivity contribution < 1.29 is 19.4 Å². The minimum atomic E-state index is -1.30. The van der Waals surface area contributed by atoms with Crippen molar-refractivity contribution in [1.82, 2.24) is 14.9 Å². The second-order valence-electron chi connectivity index (χ2n) is 13.5. The third-order valence-corrected chi connectivity index (χ3v) is 10.3. The Morgan fingerprint density at radius 1 is 1.09 bits per heavy atom. The number of benzene rings is 1. The van der Waals surface area contributed by atoms with Crippen LogP contribution in [0.15, 0.2) is 36.5 Å². The van der Waals surface area contributed by atoms with E-state index in [1.807, 2.05) is 35.4 Å². The summed E-state index contributed by atoms with van der Waals surface area (Å²) in [6.45, 7) is 7.69. The van der Waals surface area contributed by atoms with Crippen molar-refractivity contribution in [3.63, 3.8) is 0 Å². The number of nitrogens with two attached hydrogens (primary N) is 1. The first-order valence-electron chi connectivity index (χ1n) is 16.4. The molecule has 3 aliphatic rings. The summed E-state index contributed by atoms with van der Waals surface area (Å²) in [7, 11) is 0. The molecule has 0 spiro atoms. The number of aryl methyl sites for hydroxylation is 1. The maximum absolute atomic E-state index is 14.3. The Morgan fingerprint density at radius 2 is 1.89 bits per heavy atom. The molecular formula is C35H46FN5O3. The van der Waals surface area contributed by atoms with E-state index in [1.54, 1.807) is 0 Å². The number of primary amides is 1. The number of amides is 1. The molecule has 9 heteroatoms. The molecule has 0 bridgehead atoms. The number of rotatable bonds is 8. The number of carbonyl (C=O) groups excluding carboxylic acids is 1. The van der Waals surface area contributed by atoms with Crippen molar-refractivity contribution in [2.45, 2.75) is 83.1 Å². The number of hydrogen-bond donors (Lipinski definition) is 3. The number of alkyl halides is 1.